The van der Waals surface area contributed by atoms with Crippen LogP contribution in [0.2, 0.25) is 0 Å². The van der Waals surface area contributed by atoms with Crippen molar-refractivity contribution in [3.05, 3.63) is 51.6 Å². The van der Waals surface area contributed by atoms with Gasteiger partial charge in [-0.25, -0.2) is 0 Å². The van der Waals surface area contributed by atoms with Crippen molar-refractivity contribution < 1.29 is 27.7 Å². The number of benzene rings is 1. The standard InChI is InChI=1S/C14H10F3NO4/c15-14(16,17)8-5-6-9(11(7-8)18(21)22)13(20)10-3-1-2-4-12(10)19/h1,3,5-7,10H,2,4H2. The van der Waals surface area contributed by atoms with Crippen molar-refractivity contribution in [3.63, 3.8) is 0 Å². The summed E-state index contributed by atoms with van der Waals surface area (Å²) >= 11 is 0. The topological polar surface area (TPSA) is 77.3 Å². The van der Waals surface area contributed by atoms with Crippen molar-refractivity contribution >= 4 is 17.3 Å². The molecule has 1 aliphatic rings. The van der Waals surface area contributed by atoms with Gasteiger partial charge in [-0.1, -0.05) is 12.2 Å². The summed E-state index contributed by atoms with van der Waals surface area (Å²) < 4.78 is 37.8. The molecule has 0 heterocycles. The summed E-state index contributed by atoms with van der Waals surface area (Å²) in [6.07, 6.45) is -1.23. The van der Waals surface area contributed by atoms with E-state index in [0.29, 0.717) is 18.6 Å². The van der Waals surface area contributed by atoms with Crippen molar-refractivity contribution in [1.82, 2.24) is 0 Å². The van der Waals surface area contributed by atoms with E-state index in [0.717, 1.165) is 6.07 Å². The van der Waals surface area contributed by atoms with E-state index in [1.54, 1.807) is 6.08 Å². The van der Waals surface area contributed by atoms with E-state index in [-0.39, 0.29) is 6.42 Å². The Morgan fingerprint density at radius 1 is 1.32 bits per heavy atom. The molecule has 2 rings (SSSR count). The first-order valence-electron chi connectivity index (χ1n) is 6.31. The second kappa shape index (κ2) is 5.70. The number of nitrogens with zero attached hydrogens (tertiary/aromatic N) is 1. The van der Waals surface area contributed by atoms with E-state index in [2.05, 4.69) is 0 Å². The monoisotopic (exact) mass is 313 g/mol. The molecule has 1 atom stereocenters. The van der Waals surface area contributed by atoms with Gasteiger partial charge in [-0.05, 0) is 18.6 Å². The number of alkyl halides is 3. The highest BCUT2D eigenvalue weighted by atomic mass is 19.4. The maximum Gasteiger partial charge on any atom is 0.416 e. The highest BCUT2D eigenvalue weighted by Crippen LogP contribution is 2.34. The molecule has 0 aliphatic heterocycles. The number of hydrogen-bond acceptors (Lipinski definition) is 4. The molecule has 0 spiro atoms. The smallest absolute Gasteiger partial charge is 0.299 e. The van der Waals surface area contributed by atoms with Crippen LogP contribution in [0, 0.1) is 16.0 Å². The Morgan fingerprint density at radius 3 is 2.55 bits per heavy atom. The number of carbonyl (C=O) groups is 2. The number of hydrogen-bond donors (Lipinski definition) is 0. The fourth-order valence-electron chi connectivity index (χ4n) is 2.19. The number of nitro groups is 1. The molecular formula is C14H10F3NO4. The fourth-order valence-corrected chi connectivity index (χ4v) is 2.19. The molecule has 116 valence electrons. The van der Waals surface area contributed by atoms with Crippen molar-refractivity contribution in [3.8, 4) is 0 Å². The molecule has 1 unspecified atom stereocenters. The van der Waals surface area contributed by atoms with Gasteiger partial charge in [-0.2, -0.15) is 13.2 Å². The molecule has 1 aromatic carbocycles. The van der Waals surface area contributed by atoms with Crippen molar-refractivity contribution in [1.29, 1.82) is 0 Å². The summed E-state index contributed by atoms with van der Waals surface area (Å²) in [6, 6.07) is 1.65. The average molecular weight is 313 g/mol. The lowest BCUT2D eigenvalue weighted by Gasteiger charge is -2.15. The van der Waals surface area contributed by atoms with Crippen molar-refractivity contribution in [2.75, 3.05) is 0 Å². The van der Waals surface area contributed by atoms with Crippen LogP contribution >= 0.6 is 0 Å². The van der Waals surface area contributed by atoms with E-state index in [9.17, 15) is 32.9 Å². The van der Waals surface area contributed by atoms with Gasteiger partial charge in [0.1, 0.15) is 5.78 Å². The molecule has 0 N–H and O–H groups in total. The molecule has 0 saturated heterocycles. The molecule has 1 aromatic rings. The second-order valence-corrected chi connectivity index (χ2v) is 4.76. The Labute approximate surface area is 122 Å². The molecule has 1 aliphatic carbocycles. The van der Waals surface area contributed by atoms with Crippen LogP contribution < -0.4 is 0 Å². The molecule has 0 aromatic heterocycles. The van der Waals surface area contributed by atoms with Crippen LogP contribution in [0.25, 0.3) is 0 Å². The van der Waals surface area contributed by atoms with Crippen LogP contribution in [-0.4, -0.2) is 16.5 Å². The van der Waals surface area contributed by atoms with E-state index in [1.165, 1.54) is 6.08 Å². The molecule has 8 heteroatoms. The Hall–Kier alpha value is -2.51. The molecule has 22 heavy (non-hydrogen) atoms. The minimum absolute atomic E-state index is 0.126. The highest BCUT2D eigenvalue weighted by molar-refractivity contribution is 6.14. The first-order chi connectivity index (χ1) is 10.2. The molecule has 0 amide bonds. The number of Topliss-reactive ketones (excluding diaryl/α,β-unsaturated/α-hetero) is 2. The van der Waals surface area contributed by atoms with Gasteiger partial charge in [0.15, 0.2) is 5.78 Å². The zero-order chi connectivity index (χ0) is 16.5. The predicted octanol–water partition coefficient (Wildman–Crippen LogP) is 3.33. The van der Waals surface area contributed by atoms with Gasteiger partial charge >= 0.3 is 6.18 Å². The Kier molecular flexibility index (Phi) is 4.11. The van der Waals surface area contributed by atoms with Crippen molar-refractivity contribution in [2.24, 2.45) is 5.92 Å². The lowest BCUT2D eigenvalue weighted by atomic mass is 9.87. The third-order valence-electron chi connectivity index (χ3n) is 3.30. The fraction of sp³-hybridized carbons (Fsp3) is 0.286. The van der Waals surface area contributed by atoms with Crippen LogP contribution in [0.1, 0.15) is 28.8 Å². The average Bonchev–Trinajstić information content (AvgIpc) is 2.45. The highest BCUT2D eigenvalue weighted by Gasteiger charge is 2.36. The van der Waals surface area contributed by atoms with Gasteiger partial charge in [0.25, 0.3) is 5.69 Å². The third kappa shape index (κ3) is 3.05. The Morgan fingerprint density at radius 2 is 2.00 bits per heavy atom. The minimum Gasteiger partial charge on any atom is -0.299 e. The molecular weight excluding hydrogens is 303 g/mol. The van der Waals surface area contributed by atoms with Gasteiger partial charge in [0, 0.05) is 12.5 Å². The van der Waals surface area contributed by atoms with Crippen LogP contribution in [0.4, 0.5) is 18.9 Å². The van der Waals surface area contributed by atoms with Gasteiger partial charge in [-0.3, -0.25) is 19.7 Å². The maximum atomic E-state index is 12.6. The summed E-state index contributed by atoms with van der Waals surface area (Å²) in [5.74, 6) is -2.44. The van der Waals surface area contributed by atoms with Gasteiger partial charge in [0.05, 0.1) is 22.0 Å². The predicted molar refractivity (Wildman–Crippen MR) is 69.3 cm³/mol. The van der Waals surface area contributed by atoms with Crippen LogP contribution in [0.15, 0.2) is 30.4 Å². The number of rotatable bonds is 3. The summed E-state index contributed by atoms with van der Waals surface area (Å²) in [7, 11) is 0. The summed E-state index contributed by atoms with van der Waals surface area (Å²) in [4.78, 5) is 33.8. The van der Waals surface area contributed by atoms with E-state index in [4.69, 9.17) is 0 Å². The first kappa shape index (κ1) is 15.9. The molecule has 0 radical (unpaired) electrons. The summed E-state index contributed by atoms with van der Waals surface area (Å²) in [5.41, 5.74) is -2.67. The van der Waals surface area contributed by atoms with Gasteiger partial charge in [0.2, 0.25) is 0 Å². The van der Waals surface area contributed by atoms with Crippen LogP contribution in [0.3, 0.4) is 0 Å². The number of carbonyl (C=O) groups excluding carboxylic acids is 2. The zero-order valence-corrected chi connectivity index (χ0v) is 11.1. The molecule has 0 saturated carbocycles. The Bertz CT molecular complexity index is 679. The molecule has 0 fully saturated rings. The third-order valence-corrected chi connectivity index (χ3v) is 3.30. The quantitative estimate of drug-likeness (QED) is 0.282. The molecule has 0 bridgehead atoms. The lowest BCUT2D eigenvalue weighted by molar-refractivity contribution is -0.385. The number of nitro benzene ring substituents is 1. The second-order valence-electron chi connectivity index (χ2n) is 4.76. The zero-order valence-electron chi connectivity index (χ0n) is 11.1. The van der Waals surface area contributed by atoms with Gasteiger partial charge in [-0.15, -0.1) is 0 Å². The number of halogens is 3. The summed E-state index contributed by atoms with van der Waals surface area (Å²) in [6.45, 7) is 0. The van der Waals surface area contributed by atoms with Crippen LogP contribution in [-0.2, 0) is 11.0 Å². The van der Waals surface area contributed by atoms with Gasteiger partial charge < -0.3 is 0 Å². The first-order valence-corrected chi connectivity index (χ1v) is 6.31. The maximum absolute atomic E-state index is 12.6. The SMILES string of the molecule is O=C1CCC=CC1C(=O)c1ccc(C(F)(F)F)cc1[N+](=O)[O-]. The Balaban J connectivity index is 2.48. The van der Waals surface area contributed by atoms with Crippen molar-refractivity contribution in [2.45, 2.75) is 19.0 Å². The van der Waals surface area contributed by atoms with E-state index < -0.39 is 45.4 Å². The van der Waals surface area contributed by atoms with Crippen LogP contribution in [0.5, 0.6) is 0 Å². The van der Waals surface area contributed by atoms with E-state index >= 15 is 0 Å². The molecule has 5 nitrogen and oxygen atoms in total. The largest absolute Gasteiger partial charge is 0.416 e. The summed E-state index contributed by atoms with van der Waals surface area (Å²) in [5, 5.41) is 11.0. The number of ketones is 2. The normalized spacial score (nSPS) is 18.3. The lowest BCUT2D eigenvalue weighted by Crippen LogP contribution is -2.25. The minimum atomic E-state index is -4.76. The number of allylic oxidation sites excluding steroid dienone is 2. The van der Waals surface area contributed by atoms with E-state index in [1.807, 2.05) is 0 Å².